The van der Waals surface area contributed by atoms with Gasteiger partial charge in [-0.15, -0.1) is 24.0 Å². The van der Waals surface area contributed by atoms with E-state index in [-0.39, 0.29) is 24.0 Å². The zero-order chi connectivity index (χ0) is 14.6. The van der Waals surface area contributed by atoms with E-state index in [0.717, 1.165) is 64.7 Å². The van der Waals surface area contributed by atoms with Crippen molar-refractivity contribution in [1.82, 2.24) is 15.5 Å². The van der Waals surface area contributed by atoms with E-state index >= 15 is 0 Å². The lowest BCUT2D eigenvalue weighted by Gasteiger charge is -2.18. The number of aliphatic imine (C=N–C) groups is 1. The molecule has 0 aromatic heterocycles. The molecule has 1 atom stereocenters. The molecule has 1 rings (SSSR count). The summed E-state index contributed by atoms with van der Waals surface area (Å²) < 4.78 is 5.60. The smallest absolute Gasteiger partial charge is 0.191 e. The van der Waals surface area contributed by atoms with Gasteiger partial charge in [0, 0.05) is 19.7 Å². The van der Waals surface area contributed by atoms with Crippen LogP contribution in [-0.4, -0.2) is 62.8 Å². The van der Waals surface area contributed by atoms with Gasteiger partial charge in [0.25, 0.3) is 0 Å². The fourth-order valence-electron chi connectivity index (χ4n) is 2.37. The van der Waals surface area contributed by atoms with Crippen LogP contribution < -0.4 is 10.6 Å². The molecule has 0 saturated carbocycles. The Labute approximate surface area is 147 Å². The summed E-state index contributed by atoms with van der Waals surface area (Å²) >= 11 is 0. The van der Waals surface area contributed by atoms with Gasteiger partial charge in [-0.1, -0.05) is 13.8 Å². The first-order valence-electron chi connectivity index (χ1n) is 8.16. The van der Waals surface area contributed by atoms with E-state index in [0.29, 0.717) is 6.10 Å². The van der Waals surface area contributed by atoms with Crippen molar-refractivity contribution in [2.45, 2.75) is 46.1 Å². The van der Waals surface area contributed by atoms with Gasteiger partial charge in [0.05, 0.1) is 12.6 Å². The molecule has 0 spiro atoms. The first-order valence-corrected chi connectivity index (χ1v) is 8.16. The minimum absolute atomic E-state index is 0. The summed E-state index contributed by atoms with van der Waals surface area (Å²) in [5.41, 5.74) is 0. The summed E-state index contributed by atoms with van der Waals surface area (Å²) in [4.78, 5) is 7.05. The fourth-order valence-corrected chi connectivity index (χ4v) is 2.37. The van der Waals surface area contributed by atoms with Gasteiger partial charge in [-0.05, 0) is 45.8 Å². The molecule has 2 N–H and O–H groups in total. The van der Waals surface area contributed by atoms with E-state index in [1.165, 1.54) is 6.42 Å². The number of nitrogens with one attached hydrogen (secondary N) is 2. The number of rotatable bonds is 9. The third kappa shape index (κ3) is 9.52. The van der Waals surface area contributed by atoms with Crippen molar-refractivity contribution in [2.75, 3.05) is 45.9 Å². The molecule has 0 amide bonds. The van der Waals surface area contributed by atoms with Crippen LogP contribution in [-0.2, 0) is 4.74 Å². The highest BCUT2D eigenvalue weighted by atomic mass is 127. The Balaban J connectivity index is 0.00000400. The third-order valence-electron chi connectivity index (χ3n) is 3.66. The van der Waals surface area contributed by atoms with Crippen molar-refractivity contribution < 1.29 is 4.74 Å². The minimum atomic E-state index is 0. The van der Waals surface area contributed by atoms with Gasteiger partial charge >= 0.3 is 0 Å². The normalized spacial score (nSPS) is 18.7. The van der Waals surface area contributed by atoms with Gasteiger partial charge in [0.2, 0.25) is 0 Å². The number of hydrogen-bond donors (Lipinski definition) is 2. The lowest BCUT2D eigenvalue weighted by Crippen LogP contribution is -2.39. The van der Waals surface area contributed by atoms with E-state index in [1.54, 1.807) is 0 Å². The number of nitrogens with zero attached hydrogens (tertiary/aromatic N) is 2. The lowest BCUT2D eigenvalue weighted by molar-refractivity contribution is 0.117. The molecule has 1 saturated heterocycles. The molecule has 1 unspecified atom stereocenters. The molecule has 1 fully saturated rings. The van der Waals surface area contributed by atoms with Crippen molar-refractivity contribution in [2.24, 2.45) is 4.99 Å². The van der Waals surface area contributed by atoms with Crippen molar-refractivity contribution in [3.63, 3.8) is 0 Å². The molecule has 1 aliphatic rings. The Bertz CT molecular complexity index is 266. The van der Waals surface area contributed by atoms with Crippen LogP contribution >= 0.6 is 24.0 Å². The summed E-state index contributed by atoms with van der Waals surface area (Å²) in [6.07, 6.45) is 3.78. The fraction of sp³-hybridized carbons (Fsp3) is 0.933. The van der Waals surface area contributed by atoms with Crippen LogP contribution in [0.4, 0.5) is 0 Å². The average Bonchev–Trinajstić information content (AvgIpc) is 2.98. The molecule has 0 radical (unpaired) electrons. The number of guanidine groups is 1. The van der Waals surface area contributed by atoms with E-state index in [4.69, 9.17) is 4.74 Å². The maximum Gasteiger partial charge on any atom is 0.191 e. The summed E-state index contributed by atoms with van der Waals surface area (Å²) in [5, 5.41) is 6.70. The maximum atomic E-state index is 5.60. The van der Waals surface area contributed by atoms with Crippen LogP contribution in [0.15, 0.2) is 4.99 Å². The second-order valence-electron chi connectivity index (χ2n) is 5.16. The van der Waals surface area contributed by atoms with Gasteiger partial charge in [0.15, 0.2) is 5.96 Å². The molecule has 126 valence electrons. The second kappa shape index (κ2) is 13.6. The van der Waals surface area contributed by atoms with Crippen LogP contribution in [0.2, 0.25) is 0 Å². The Morgan fingerprint density at radius 1 is 1.24 bits per heavy atom. The topological polar surface area (TPSA) is 48.9 Å². The van der Waals surface area contributed by atoms with Crippen molar-refractivity contribution >= 4 is 29.9 Å². The summed E-state index contributed by atoms with van der Waals surface area (Å²) in [5.74, 6) is 0.919. The molecule has 1 aliphatic heterocycles. The number of hydrogen-bond acceptors (Lipinski definition) is 3. The van der Waals surface area contributed by atoms with Crippen molar-refractivity contribution in [3.05, 3.63) is 0 Å². The summed E-state index contributed by atoms with van der Waals surface area (Å²) in [6.45, 7) is 13.5. The van der Waals surface area contributed by atoms with Gasteiger partial charge in [-0.3, -0.25) is 4.99 Å². The molecular formula is C15H33IN4O. The Hall–Kier alpha value is -0.0800. The van der Waals surface area contributed by atoms with Gasteiger partial charge < -0.3 is 20.3 Å². The maximum absolute atomic E-state index is 5.60. The number of ether oxygens (including phenoxy) is 1. The van der Waals surface area contributed by atoms with Gasteiger partial charge in [-0.2, -0.15) is 0 Å². The highest BCUT2D eigenvalue weighted by molar-refractivity contribution is 14.0. The molecule has 5 nitrogen and oxygen atoms in total. The molecular weight excluding hydrogens is 379 g/mol. The van der Waals surface area contributed by atoms with E-state index in [2.05, 4.69) is 41.3 Å². The van der Waals surface area contributed by atoms with Crippen LogP contribution in [0.5, 0.6) is 0 Å². The zero-order valence-corrected chi connectivity index (χ0v) is 16.2. The molecule has 0 aromatic carbocycles. The summed E-state index contributed by atoms with van der Waals surface area (Å²) in [6, 6.07) is 0. The van der Waals surface area contributed by atoms with Crippen LogP contribution in [0.1, 0.15) is 40.0 Å². The monoisotopic (exact) mass is 412 g/mol. The van der Waals surface area contributed by atoms with E-state index < -0.39 is 0 Å². The standard InChI is InChI=1S/C15H32N4O.HI/c1-4-16-15(18-13-14-9-7-12-20-14)17-10-8-11-19(5-2)6-3;/h14H,4-13H2,1-3H3,(H2,16,17,18);1H. The van der Waals surface area contributed by atoms with Crippen LogP contribution in [0.3, 0.4) is 0 Å². The molecule has 21 heavy (non-hydrogen) atoms. The first kappa shape index (κ1) is 20.9. The van der Waals surface area contributed by atoms with Crippen LogP contribution in [0.25, 0.3) is 0 Å². The predicted molar refractivity (Wildman–Crippen MR) is 101 cm³/mol. The third-order valence-corrected chi connectivity index (χ3v) is 3.66. The zero-order valence-electron chi connectivity index (χ0n) is 13.9. The molecule has 0 bridgehead atoms. The Morgan fingerprint density at radius 2 is 2.00 bits per heavy atom. The number of halogens is 1. The minimum Gasteiger partial charge on any atom is -0.376 e. The predicted octanol–water partition coefficient (Wildman–Crippen LogP) is 2.07. The van der Waals surface area contributed by atoms with E-state index in [9.17, 15) is 0 Å². The molecule has 0 aliphatic carbocycles. The average molecular weight is 412 g/mol. The van der Waals surface area contributed by atoms with Gasteiger partial charge in [-0.25, -0.2) is 0 Å². The SMILES string of the molecule is CCNC(=NCC1CCCO1)NCCCN(CC)CC.I. The van der Waals surface area contributed by atoms with Gasteiger partial charge in [0.1, 0.15) is 0 Å². The van der Waals surface area contributed by atoms with Crippen molar-refractivity contribution in [1.29, 1.82) is 0 Å². The second-order valence-corrected chi connectivity index (χ2v) is 5.16. The highest BCUT2D eigenvalue weighted by Crippen LogP contribution is 2.11. The van der Waals surface area contributed by atoms with Crippen molar-refractivity contribution in [3.8, 4) is 0 Å². The van der Waals surface area contributed by atoms with Crippen LogP contribution in [0, 0.1) is 0 Å². The molecule has 1 heterocycles. The van der Waals surface area contributed by atoms with E-state index in [1.807, 2.05) is 0 Å². The Kier molecular flexibility index (Phi) is 13.5. The largest absolute Gasteiger partial charge is 0.376 e. The quantitative estimate of drug-likeness (QED) is 0.264. The lowest BCUT2D eigenvalue weighted by atomic mass is 10.2. The Morgan fingerprint density at radius 3 is 2.57 bits per heavy atom. The highest BCUT2D eigenvalue weighted by Gasteiger charge is 2.14. The molecule has 6 heteroatoms. The first-order chi connectivity index (χ1) is 9.80. The molecule has 0 aromatic rings. The summed E-state index contributed by atoms with van der Waals surface area (Å²) in [7, 11) is 0.